The third-order valence-electron chi connectivity index (χ3n) is 5.92. The summed E-state index contributed by atoms with van der Waals surface area (Å²) in [5.41, 5.74) is -0.879. The first-order valence-corrected chi connectivity index (χ1v) is 11.3. The summed E-state index contributed by atoms with van der Waals surface area (Å²) in [4.78, 5) is 38.4. The number of aromatic amines is 1. The van der Waals surface area contributed by atoms with Crippen LogP contribution < -0.4 is 10.6 Å². The number of nitrogens with zero attached hydrogens (tertiary/aromatic N) is 4. The van der Waals surface area contributed by atoms with Gasteiger partial charge in [0.25, 0.3) is 0 Å². The molecule has 0 saturated carbocycles. The maximum atomic E-state index is 13.5. The molecule has 196 valence electrons. The van der Waals surface area contributed by atoms with E-state index in [0.29, 0.717) is 11.1 Å². The van der Waals surface area contributed by atoms with E-state index in [1.54, 1.807) is 0 Å². The fourth-order valence-electron chi connectivity index (χ4n) is 4.20. The molecule has 10 nitrogen and oxygen atoms in total. The van der Waals surface area contributed by atoms with Crippen LogP contribution in [0.4, 0.5) is 24.8 Å². The van der Waals surface area contributed by atoms with Crippen LogP contribution in [-0.4, -0.2) is 38.4 Å². The number of carbonyl (C=O) groups excluding carboxylic acids is 1. The van der Waals surface area contributed by atoms with Crippen LogP contribution in [0.5, 0.6) is 0 Å². The lowest BCUT2D eigenvalue weighted by atomic mass is 9.93. The molecule has 1 aromatic heterocycles. The summed E-state index contributed by atoms with van der Waals surface area (Å²) >= 11 is 0. The van der Waals surface area contributed by atoms with Crippen molar-refractivity contribution in [3.05, 3.63) is 87.0 Å². The van der Waals surface area contributed by atoms with Gasteiger partial charge < -0.3 is 9.84 Å². The molecule has 4 rings (SSSR count). The molecule has 0 spiro atoms. The van der Waals surface area contributed by atoms with Crippen LogP contribution in [0.25, 0.3) is 0 Å². The second-order valence-corrected chi connectivity index (χ2v) is 8.35. The second-order valence-electron chi connectivity index (χ2n) is 8.35. The molecule has 1 aliphatic heterocycles. The Labute approximate surface area is 213 Å². The lowest BCUT2D eigenvalue weighted by Gasteiger charge is -2.35. The minimum absolute atomic E-state index is 0.00738. The van der Waals surface area contributed by atoms with E-state index in [0.717, 1.165) is 16.7 Å². The minimum atomic E-state index is -4.65. The first-order chi connectivity index (χ1) is 18.0. The minimum Gasteiger partial charge on any atom is -0.481 e. The number of H-pyrrole nitrogens is 1. The number of carboxylic acids is 1. The molecule has 0 amide bonds. The molecular weight excluding hydrogens is 507 g/mol. The van der Waals surface area contributed by atoms with Crippen molar-refractivity contribution in [1.82, 2.24) is 14.8 Å². The number of nitriles is 1. The Kier molecular flexibility index (Phi) is 7.07. The first-order valence-electron chi connectivity index (χ1n) is 11.3. The first kappa shape index (κ1) is 26.2. The number of aromatic nitrogens is 3. The number of ether oxygens (including phenoxy) is 1. The zero-order chi connectivity index (χ0) is 27.6. The van der Waals surface area contributed by atoms with Gasteiger partial charge >= 0.3 is 23.8 Å². The molecule has 3 aromatic rings. The van der Waals surface area contributed by atoms with Gasteiger partial charge in [-0.05, 0) is 49.2 Å². The Balaban J connectivity index is 1.89. The normalized spacial score (nSPS) is 15.1. The Morgan fingerprint density at radius 1 is 1.21 bits per heavy atom. The van der Waals surface area contributed by atoms with Gasteiger partial charge in [-0.3, -0.25) is 9.69 Å². The Bertz CT molecular complexity index is 1520. The van der Waals surface area contributed by atoms with Gasteiger partial charge in [-0.15, -0.1) is 5.10 Å². The van der Waals surface area contributed by atoms with Crippen molar-refractivity contribution >= 4 is 23.6 Å². The van der Waals surface area contributed by atoms with Crippen LogP contribution in [-0.2, 0) is 20.5 Å². The van der Waals surface area contributed by atoms with E-state index in [1.165, 1.54) is 48.2 Å². The summed E-state index contributed by atoms with van der Waals surface area (Å²) in [5, 5.41) is 24.3. The molecule has 2 heterocycles. The monoisotopic (exact) mass is 527 g/mol. The number of benzene rings is 2. The Hall–Kier alpha value is -4.86. The second kappa shape index (κ2) is 10.3. The quantitative estimate of drug-likeness (QED) is 0.348. The number of hydrogen-bond acceptors (Lipinski definition) is 7. The molecule has 38 heavy (non-hydrogen) atoms. The lowest BCUT2D eigenvalue weighted by Crippen LogP contribution is -2.38. The number of carbonyl (C=O) groups is 2. The van der Waals surface area contributed by atoms with Gasteiger partial charge in [0.2, 0.25) is 5.95 Å². The Morgan fingerprint density at radius 2 is 1.92 bits per heavy atom. The summed E-state index contributed by atoms with van der Waals surface area (Å²) in [6, 6.07) is 11.3. The van der Waals surface area contributed by atoms with E-state index in [1.807, 2.05) is 6.07 Å². The summed E-state index contributed by atoms with van der Waals surface area (Å²) in [6.07, 6.45) is -4.86. The van der Waals surface area contributed by atoms with Crippen molar-refractivity contribution in [2.45, 2.75) is 32.0 Å². The SMILES string of the molecule is CC1=C(C(=O)OCCCC(=O)O)C(c2ccc(C#N)cc2)n2c(n[nH]c2=O)N1c1cccc(C(F)(F)F)c1. The molecule has 1 aliphatic rings. The Morgan fingerprint density at radius 3 is 2.55 bits per heavy atom. The molecular formula is C25H20F3N5O5. The van der Waals surface area contributed by atoms with Crippen LogP contribution >= 0.6 is 0 Å². The largest absolute Gasteiger partial charge is 0.481 e. The summed E-state index contributed by atoms with van der Waals surface area (Å²) in [5.74, 6) is -2.03. The number of alkyl halides is 3. The third kappa shape index (κ3) is 5.01. The number of anilines is 2. The summed E-state index contributed by atoms with van der Waals surface area (Å²) < 4.78 is 46.8. The predicted octanol–water partition coefficient (Wildman–Crippen LogP) is 3.88. The van der Waals surface area contributed by atoms with Crippen molar-refractivity contribution in [1.29, 1.82) is 5.26 Å². The lowest BCUT2D eigenvalue weighted by molar-refractivity contribution is -0.142. The molecule has 1 unspecified atom stereocenters. The van der Waals surface area contributed by atoms with Crippen LogP contribution in [0.2, 0.25) is 0 Å². The van der Waals surface area contributed by atoms with Crippen molar-refractivity contribution in [2.24, 2.45) is 0 Å². The average molecular weight is 527 g/mol. The molecule has 1 atom stereocenters. The number of allylic oxidation sites excluding steroid dienone is 1. The summed E-state index contributed by atoms with van der Waals surface area (Å²) in [7, 11) is 0. The zero-order valence-electron chi connectivity index (χ0n) is 19.8. The van der Waals surface area contributed by atoms with Gasteiger partial charge in [0.05, 0.1) is 29.4 Å². The van der Waals surface area contributed by atoms with Crippen LogP contribution in [0.3, 0.4) is 0 Å². The van der Waals surface area contributed by atoms with E-state index < -0.39 is 35.4 Å². The van der Waals surface area contributed by atoms with Crippen molar-refractivity contribution in [3.8, 4) is 6.07 Å². The number of carboxylic acid groups (broad SMARTS) is 1. The molecule has 13 heteroatoms. The molecule has 0 radical (unpaired) electrons. The molecule has 2 N–H and O–H groups in total. The highest BCUT2D eigenvalue weighted by Crippen LogP contribution is 2.42. The van der Waals surface area contributed by atoms with Crippen LogP contribution in [0, 0.1) is 11.3 Å². The van der Waals surface area contributed by atoms with Crippen LogP contribution in [0.1, 0.15) is 42.5 Å². The van der Waals surface area contributed by atoms with Crippen molar-refractivity contribution < 1.29 is 32.6 Å². The zero-order valence-corrected chi connectivity index (χ0v) is 19.8. The smallest absolute Gasteiger partial charge is 0.416 e. The maximum Gasteiger partial charge on any atom is 0.416 e. The molecule has 0 aliphatic carbocycles. The van der Waals surface area contributed by atoms with Crippen LogP contribution in [0.15, 0.2) is 64.6 Å². The van der Waals surface area contributed by atoms with Crippen molar-refractivity contribution in [3.63, 3.8) is 0 Å². The molecule has 0 fully saturated rings. The number of esters is 1. The number of aliphatic carboxylic acids is 1. The highest BCUT2D eigenvalue weighted by molar-refractivity contribution is 5.93. The number of fused-ring (bicyclic) bond motifs is 1. The van der Waals surface area contributed by atoms with E-state index in [4.69, 9.17) is 15.1 Å². The average Bonchev–Trinajstić information content (AvgIpc) is 3.26. The van der Waals surface area contributed by atoms with Gasteiger partial charge in [-0.25, -0.2) is 19.3 Å². The topological polar surface area (TPSA) is 141 Å². The van der Waals surface area contributed by atoms with E-state index in [2.05, 4.69) is 10.2 Å². The number of rotatable bonds is 7. The fraction of sp³-hybridized carbons (Fsp3) is 0.240. The highest BCUT2D eigenvalue weighted by atomic mass is 19.4. The molecule has 0 saturated heterocycles. The van der Waals surface area contributed by atoms with Gasteiger partial charge in [-0.1, -0.05) is 18.2 Å². The van der Waals surface area contributed by atoms with Gasteiger partial charge in [0.15, 0.2) is 0 Å². The number of hydrogen-bond donors (Lipinski definition) is 2. The van der Waals surface area contributed by atoms with Gasteiger partial charge in [-0.2, -0.15) is 18.4 Å². The fourth-order valence-corrected chi connectivity index (χ4v) is 4.20. The van der Waals surface area contributed by atoms with Gasteiger partial charge in [0.1, 0.15) is 6.04 Å². The van der Waals surface area contributed by atoms with E-state index in [9.17, 15) is 27.6 Å². The molecule has 0 bridgehead atoms. The predicted molar refractivity (Wildman–Crippen MR) is 126 cm³/mol. The molecule has 2 aromatic carbocycles. The number of halogens is 3. The van der Waals surface area contributed by atoms with Crippen molar-refractivity contribution in [2.75, 3.05) is 11.5 Å². The number of nitrogens with one attached hydrogen (secondary N) is 1. The standard InChI is InChI=1S/C25H20F3N5O5/c1-14-20(22(36)38-11-3-6-19(34)35)21(16-9-7-15(13-29)8-10-16)33-23(30-31-24(33)37)32(14)18-5-2-4-17(12-18)25(26,27)28/h2,4-5,7-10,12,21H,3,6,11H2,1H3,(H,31,37)(H,34,35). The highest BCUT2D eigenvalue weighted by Gasteiger charge is 2.40. The maximum absolute atomic E-state index is 13.5. The van der Waals surface area contributed by atoms with Gasteiger partial charge in [0, 0.05) is 17.8 Å². The van der Waals surface area contributed by atoms with E-state index >= 15 is 0 Å². The van der Waals surface area contributed by atoms with E-state index in [-0.39, 0.29) is 42.4 Å². The summed E-state index contributed by atoms with van der Waals surface area (Å²) in [6.45, 7) is 1.24. The third-order valence-corrected chi connectivity index (χ3v) is 5.92.